The number of carbonyl (C=O) groups is 1. The minimum atomic E-state index is 0.0615. The van der Waals surface area contributed by atoms with E-state index in [1.807, 2.05) is 17.0 Å². The first kappa shape index (κ1) is 14.1. The Kier molecular flexibility index (Phi) is 3.45. The van der Waals surface area contributed by atoms with Crippen LogP contribution in [-0.2, 0) is 0 Å². The van der Waals surface area contributed by atoms with E-state index in [1.165, 1.54) is 11.1 Å². The molecular formula is C19H19NO3. The average molecular weight is 309 g/mol. The average Bonchev–Trinajstić information content (AvgIpc) is 3.23. The zero-order chi connectivity index (χ0) is 15.8. The van der Waals surface area contributed by atoms with Crippen molar-refractivity contribution in [3.63, 3.8) is 0 Å². The van der Waals surface area contributed by atoms with Gasteiger partial charge in [0, 0.05) is 12.1 Å². The second-order valence-corrected chi connectivity index (χ2v) is 6.14. The number of amides is 1. The predicted octanol–water partition coefficient (Wildman–Crippen LogP) is 3.70. The first-order valence-corrected chi connectivity index (χ1v) is 7.99. The van der Waals surface area contributed by atoms with Gasteiger partial charge < -0.3 is 14.4 Å². The minimum Gasteiger partial charge on any atom is -0.454 e. The van der Waals surface area contributed by atoms with E-state index < -0.39 is 0 Å². The molecule has 0 saturated carbocycles. The largest absolute Gasteiger partial charge is 0.454 e. The number of carbonyl (C=O) groups excluding carboxylic acids is 1. The number of aryl methyl sites for hydroxylation is 1. The van der Waals surface area contributed by atoms with Crippen molar-refractivity contribution in [1.82, 2.24) is 4.90 Å². The summed E-state index contributed by atoms with van der Waals surface area (Å²) in [7, 11) is 0. The van der Waals surface area contributed by atoms with Gasteiger partial charge in [0.15, 0.2) is 11.5 Å². The summed E-state index contributed by atoms with van der Waals surface area (Å²) in [6, 6.07) is 14.1. The van der Waals surface area contributed by atoms with Crippen molar-refractivity contribution in [2.24, 2.45) is 0 Å². The third kappa shape index (κ3) is 2.54. The van der Waals surface area contributed by atoms with E-state index >= 15 is 0 Å². The van der Waals surface area contributed by atoms with E-state index in [0.29, 0.717) is 17.1 Å². The second kappa shape index (κ2) is 5.61. The Morgan fingerprint density at radius 3 is 2.70 bits per heavy atom. The fourth-order valence-electron chi connectivity index (χ4n) is 3.34. The van der Waals surface area contributed by atoms with E-state index in [0.717, 1.165) is 19.4 Å². The second-order valence-electron chi connectivity index (χ2n) is 6.14. The summed E-state index contributed by atoms with van der Waals surface area (Å²) in [4.78, 5) is 14.9. The number of rotatable bonds is 2. The molecule has 118 valence electrons. The van der Waals surface area contributed by atoms with Crippen LogP contribution in [0.5, 0.6) is 11.5 Å². The SMILES string of the molecule is Cc1ccc([C@@H]2CCCN2C(=O)c2ccc3c(c2)OCO3)cc1. The molecule has 4 nitrogen and oxygen atoms in total. The van der Waals surface area contributed by atoms with Gasteiger partial charge in [-0.3, -0.25) is 4.79 Å². The Morgan fingerprint density at radius 2 is 1.87 bits per heavy atom. The molecule has 0 radical (unpaired) electrons. The van der Waals surface area contributed by atoms with Gasteiger partial charge in [-0.15, -0.1) is 0 Å². The summed E-state index contributed by atoms with van der Waals surface area (Å²) in [6.07, 6.45) is 2.05. The number of fused-ring (bicyclic) bond motifs is 1. The van der Waals surface area contributed by atoms with Crippen molar-refractivity contribution in [2.75, 3.05) is 13.3 Å². The van der Waals surface area contributed by atoms with Crippen molar-refractivity contribution < 1.29 is 14.3 Å². The number of likely N-dealkylation sites (tertiary alicyclic amines) is 1. The predicted molar refractivity (Wildman–Crippen MR) is 86.8 cm³/mol. The van der Waals surface area contributed by atoms with E-state index in [2.05, 4.69) is 31.2 Å². The van der Waals surface area contributed by atoms with Crippen LogP contribution < -0.4 is 9.47 Å². The van der Waals surface area contributed by atoms with Crippen molar-refractivity contribution >= 4 is 5.91 Å². The van der Waals surface area contributed by atoms with E-state index in [9.17, 15) is 4.79 Å². The Labute approximate surface area is 135 Å². The molecule has 1 atom stereocenters. The lowest BCUT2D eigenvalue weighted by molar-refractivity contribution is 0.0735. The van der Waals surface area contributed by atoms with Gasteiger partial charge in [0.1, 0.15) is 0 Å². The molecule has 0 spiro atoms. The summed E-state index contributed by atoms with van der Waals surface area (Å²) in [5.41, 5.74) is 3.11. The molecule has 1 fully saturated rings. The summed E-state index contributed by atoms with van der Waals surface area (Å²) in [6.45, 7) is 3.10. The molecule has 0 N–H and O–H groups in total. The highest BCUT2D eigenvalue weighted by molar-refractivity contribution is 5.95. The standard InChI is InChI=1S/C19H19NO3/c1-13-4-6-14(7-5-13)16-3-2-10-20(16)19(21)15-8-9-17-18(11-15)23-12-22-17/h4-9,11,16H,2-3,10,12H2,1H3/t16-/m0/s1. The third-order valence-electron chi connectivity index (χ3n) is 4.60. The van der Waals surface area contributed by atoms with Crippen LogP contribution in [0.2, 0.25) is 0 Å². The van der Waals surface area contributed by atoms with Gasteiger partial charge in [0.05, 0.1) is 6.04 Å². The number of benzene rings is 2. The Hall–Kier alpha value is -2.49. The molecule has 2 aliphatic rings. The molecule has 23 heavy (non-hydrogen) atoms. The molecule has 0 aliphatic carbocycles. The van der Waals surface area contributed by atoms with Gasteiger partial charge in [-0.2, -0.15) is 0 Å². The van der Waals surface area contributed by atoms with Crippen LogP contribution >= 0.6 is 0 Å². The first-order valence-electron chi connectivity index (χ1n) is 7.99. The van der Waals surface area contributed by atoms with E-state index in [-0.39, 0.29) is 18.7 Å². The summed E-state index contributed by atoms with van der Waals surface area (Å²) in [5.74, 6) is 1.42. The Balaban J connectivity index is 1.60. The summed E-state index contributed by atoms with van der Waals surface area (Å²) < 4.78 is 10.7. The lowest BCUT2D eigenvalue weighted by Gasteiger charge is -2.25. The van der Waals surface area contributed by atoms with Crippen LogP contribution in [0.4, 0.5) is 0 Å². The molecule has 4 rings (SSSR count). The molecule has 2 aromatic rings. The van der Waals surface area contributed by atoms with Crippen LogP contribution in [0, 0.1) is 6.92 Å². The maximum absolute atomic E-state index is 12.9. The third-order valence-corrected chi connectivity index (χ3v) is 4.60. The fourth-order valence-corrected chi connectivity index (χ4v) is 3.34. The normalized spacial score (nSPS) is 19.2. The van der Waals surface area contributed by atoms with Crippen molar-refractivity contribution in [1.29, 1.82) is 0 Å². The molecule has 4 heteroatoms. The van der Waals surface area contributed by atoms with Gasteiger partial charge in [0.25, 0.3) is 5.91 Å². The molecule has 2 aromatic carbocycles. The highest BCUT2D eigenvalue weighted by atomic mass is 16.7. The zero-order valence-electron chi connectivity index (χ0n) is 13.1. The topological polar surface area (TPSA) is 38.8 Å². The minimum absolute atomic E-state index is 0.0615. The molecular weight excluding hydrogens is 290 g/mol. The number of hydrogen-bond donors (Lipinski definition) is 0. The van der Waals surface area contributed by atoms with E-state index in [1.54, 1.807) is 6.07 Å². The Morgan fingerprint density at radius 1 is 1.09 bits per heavy atom. The van der Waals surface area contributed by atoms with Gasteiger partial charge in [-0.1, -0.05) is 29.8 Å². The van der Waals surface area contributed by atoms with Gasteiger partial charge in [-0.25, -0.2) is 0 Å². The number of ether oxygens (including phenoxy) is 2. The number of hydrogen-bond acceptors (Lipinski definition) is 3. The molecule has 1 amide bonds. The molecule has 0 unspecified atom stereocenters. The lowest BCUT2D eigenvalue weighted by atomic mass is 10.0. The maximum atomic E-state index is 12.9. The molecule has 0 aromatic heterocycles. The smallest absolute Gasteiger partial charge is 0.254 e. The summed E-state index contributed by atoms with van der Waals surface area (Å²) >= 11 is 0. The summed E-state index contributed by atoms with van der Waals surface area (Å²) in [5, 5.41) is 0. The zero-order valence-corrected chi connectivity index (χ0v) is 13.1. The Bertz CT molecular complexity index is 739. The van der Waals surface area contributed by atoms with Crippen LogP contribution in [0.3, 0.4) is 0 Å². The van der Waals surface area contributed by atoms with Crippen LogP contribution in [0.15, 0.2) is 42.5 Å². The first-order chi connectivity index (χ1) is 11.2. The maximum Gasteiger partial charge on any atom is 0.254 e. The number of nitrogens with zero attached hydrogens (tertiary/aromatic N) is 1. The highest BCUT2D eigenvalue weighted by Gasteiger charge is 2.31. The quantitative estimate of drug-likeness (QED) is 0.849. The molecule has 1 saturated heterocycles. The van der Waals surface area contributed by atoms with Crippen molar-refractivity contribution in [2.45, 2.75) is 25.8 Å². The van der Waals surface area contributed by atoms with Gasteiger partial charge >= 0.3 is 0 Å². The molecule has 2 aliphatic heterocycles. The van der Waals surface area contributed by atoms with Crippen molar-refractivity contribution in [3.8, 4) is 11.5 Å². The van der Waals surface area contributed by atoms with Gasteiger partial charge in [0.2, 0.25) is 6.79 Å². The molecule has 0 bridgehead atoms. The van der Waals surface area contributed by atoms with Crippen LogP contribution in [0.25, 0.3) is 0 Å². The van der Waals surface area contributed by atoms with Crippen LogP contribution in [-0.4, -0.2) is 24.1 Å². The molecule has 2 heterocycles. The van der Waals surface area contributed by atoms with E-state index in [4.69, 9.17) is 9.47 Å². The monoisotopic (exact) mass is 309 g/mol. The van der Waals surface area contributed by atoms with Crippen molar-refractivity contribution in [3.05, 3.63) is 59.2 Å². The highest BCUT2D eigenvalue weighted by Crippen LogP contribution is 2.36. The fraction of sp³-hybridized carbons (Fsp3) is 0.316. The van der Waals surface area contributed by atoms with Gasteiger partial charge in [-0.05, 0) is 43.5 Å². The lowest BCUT2D eigenvalue weighted by Crippen LogP contribution is -2.30. The van der Waals surface area contributed by atoms with Crippen LogP contribution in [0.1, 0.15) is 40.4 Å².